The predicted molar refractivity (Wildman–Crippen MR) is 119 cm³/mol. The van der Waals surface area contributed by atoms with Crippen molar-refractivity contribution in [3.63, 3.8) is 0 Å². The van der Waals surface area contributed by atoms with Gasteiger partial charge in [0.25, 0.3) is 5.91 Å². The smallest absolute Gasteiger partial charge is 0.255 e. The van der Waals surface area contributed by atoms with Gasteiger partial charge < -0.3 is 15.4 Å². The molecule has 1 amide bonds. The molecular weight excluding hydrogens is 376 g/mol. The number of aryl methyl sites for hydroxylation is 2. The zero-order valence-electron chi connectivity index (χ0n) is 17.5. The van der Waals surface area contributed by atoms with Crippen LogP contribution in [0.4, 0.5) is 5.69 Å². The normalized spacial score (nSPS) is 15.9. The number of anilines is 1. The number of amides is 1. The van der Waals surface area contributed by atoms with E-state index in [4.69, 9.17) is 4.74 Å². The maximum atomic E-state index is 12.6. The van der Waals surface area contributed by atoms with Crippen LogP contribution in [0.2, 0.25) is 0 Å². The summed E-state index contributed by atoms with van der Waals surface area (Å²) < 4.78 is 7.95. The summed E-state index contributed by atoms with van der Waals surface area (Å²) in [6.07, 6.45) is 5.19. The molecule has 2 N–H and O–H groups in total. The average Bonchev–Trinajstić information content (AvgIpc) is 3.41. The molecule has 3 aromatic rings. The van der Waals surface area contributed by atoms with Crippen molar-refractivity contribution < 1.29 is 9.53 Å². The van der Waals surface area contributed by atoms with Crippen molar-refractivity contribution in [1.29, 1.82) is 0 Å². The van der Waals surface area contributed by atoms with Gasteiger partial charge in [-0.25, -0.2) is 0 Å². The molecule has 0 spiro atoms. The Morgan fingerprint density at radius 3 is 2.77 bits per heavy atom. The van der Waals surface area contributed by atoms with E-state index in [0.717, 1.165) is 41.2 Å². The molecule has 1 unspecified atom stereocenters. The molecule has 1 aliphatic heterocycles. The molecule has 6 heteroatoms. The third-order valence-corrected chi connectivity index (χ3v) is 5.53. The Bertz CT molecular complexity index is 1000. The van der Waals surface area contributed by atoms with Crippen LogP contribution in [-0.4, -0.2) is 34.9 Å². The maximum Gasteiger partial charge on any atom is 0.255 e. The van der Waals surface area contributed by atoms with E-state index in [1.54, 1.807) is 6.20 Å². The number of carbonyl (C=O) groups excluding carboxylic acids is 1. The number of aromatic nitrogens is 2. The lowest BCUT2D eigenvalue weighted by Gasteiger charge is -2.16. The molecule has 4 rings (SSSR count). The summed E-state index contributed by atoms with van der Waals surface area (Å²) in [7, 11) is 1.90. The van der Waals surface area contributed by atoms with Gasteiger partial charge in [0.05, 0.1) is 12.3 Å². The molecule has 30 heavy (non-hydrogen) atoms. The molecule has 0 bridgehead atoms. The van der Waals surface area contributed by atoms with Crippen molar-refractivity contribution in [1.82, 2.24) is 15.1 Å². The molecule has 1 aromatic heterocycles. The zero-order chi connectivity index (χ0) is 20.9. The van der Waals surface area contributed by atoms with Crippen molar-refractivity contribution >= 4 is 11.6 Å². The lowest BCUT2D eigenvalue weighted by atomic mass is 10.1. The Balaban J connectivity index is 1.53. The predicted octanol–water partition coefficient (Wildman–Crippen LogP) is 4.17. The SMILES string of the molecule is Cc1ccc(C(=O)Nc2ccc(OCCC3CCCN3)c(-c3ccnn3C)c2)cc1. The number of rotatable bonds is 7. The van der Waals surface area contributed by atoms with Crippen LogP contribution in [0.5, 0.6) is 5.75 Å². The lowest BCUT2D eigenvalue weighted by Crippen LogP contribution is -2.23. The largest absolute Gasteiger partial charge is 0.493 e. The minimum absolute atomic E-state index is 0.132. The Kier molecular flexibility index (Phi) is 6.14. The molecule has 1 fully saturated rings. The lowest BCUT2D eigenvalue weighted by molar-refractivity contribution is 0.102. The number of hydrogen-bond donors (Lipinski definition) is 2. The molecule has 156 valence electrons. The van der Waals surface area contributed by atoms with Crippen LogP contribution in [-0.2, 0) is 7.05 Å². The zero-order valence-corrected chi connectivity index (χ0v) is 17.5. The van der Waals surface area contributed by atoms with Crippen LogP contribution in [0.1, 0.15) is 35.2 Å². The average molecular weight is 405 g/mol. The minimum Gasteiger partial charge on any atom is -0.493 e. The maximum absolute atomic E-state index is 12.6. The van der Waals surface area contributed by atoms with Gasteiger partial charge in [0.15, 0.2) is 0 Å². The van der Waals surface area contributed by atoms with Crippen molar-refractivity contribution in [2.24, 2.45) is 7.05 Å². The molecule has 2 heterocycles. The van der Waals surface area contributed by atoms with Gasteiger partial charge in [0, 0.05) is 36.1 Å². The van der Waals surface area contributed by atoms with E-state index in [-0.39, 0.29) is 5.91 Å². The van der Waals surface area contributed by atoms with Crippen LogP contribution < -0.4 is 15.4 Å². The van der Waals surface area contributed by atoms with Crippen molar-refractivity contribution in [2.45, 2.75) is 32.2 Å². The first-order valence-electron chi connectivity index (χ1n) is 10.5. The van der Waals surface area contributed by atoms with E-state index in [9.17, 15) is 4.79 Å². The van der Waals surface area contributed by atoms with E-state index in [2.05, 4.69) is 15.7 Å². The number of nitrogens with one attached hydrogen (secondary N) is 2. The first-order chi connectivity index (χ1) is 14.6. The van der Waals surface area contributed by atoms with Crippen molar-refractivity contribution in [2.75, 3.05) is 18.5 Å². The second-order valence-corrected chi connectivity index (χ2v) is 7.80. The molecule has 0 saturated carbocycles. The number of ether oxygens (including phenoxy) is 1. The van der Waals surface area contributed by atoms with Gasteiger partial charge in [-0.15, -0.1) is 0 Å². The van der Waals surface area contributed by atoms with Crippen molar-refractivity contribution in [3.05, 3.63) is 65.9 Å². The Hall–Kier alpha value is -3.12. The molecule has 0 radical (unpaired) electrons. The topological polar surface area (TPSA) is 68.2 Å². The van der Waals surface area contributed by atoms with E-state index in [0.29, 0.717) is 18.2 Å². The highest BCUT2D eigenvalue weighted by Crippen LogP contribution is 2.33. The second kappa shape index (κ2) is 9.13. The van der Waals surface area contributed by atoms with Crippen LogP contribution in [0.25, 0.3) is 11.3 Å². The number of carbonyl (C=O) groups is 1. The molecule has 6 nitrogen and oxygen atoms in total. The third kappa shape index (κ3) is 4.71. The Labute approximate surface area is 177 Å². The summed E-state index contributed by atoms with van der Waals surface area (Å²) in [5.74, 6) is 0.664. The van der Waals surface area contributed by atoms with Gasteiger partial charge >= 0.3 is 0 Å². The third-order valence-electron chi connectivity index (χ3n) is 5.53. The van der Waals surface area contributed by atoms with Crippen molar-refractivity contribution in [3.8, 4) is 17.0 Å². The molecule has 2 aromatic carbocycles. The Morgan fingerprint density at radius 1 is 1.23 bits per heavy atom. The minimum atomic E-state index is -0.132. The molecule has 1 aliphatic rings. The summed E-state index contributed by atoms with van der Waals surface area (Å²) in [6.45, 7) is 3.75. The highest BCUT2D eigenvalue weighted by Gasteiger charge is 2.16. The first-order valence-corrected chi connectivity index (χ1v) is 10.5. The van der Waals surface area contributed by atoms with E-state index >= 15 is 0 Å². The van der Waals surface area contributed by atoms with E-state index < -0.39 is 0 Å². The quantitative estimate of drug-likeness (QED) is 0.620. The van der Waals surface area contributed by atoms with E-state index in [1.807, 2.05) is 67.2 Å². The molecule has 0 aliphatic carbocycles. The monoisotopic (exact) mass is 404 g/mol. The van der Waals surface area contributed by atoms with Gasteiger partial charge in [-0.1, -0.05) is 17.7 Å². The van der Waals surface area contributed by atoms with Crippen LogP contribution in [0, 0.1) is 6.92 Å². The van der Waals surface area contributed by atoms with Gasteiger partial charge in [0.1, 0.15) is 5.75 Å². The van der Waals surface area contributed by atoms with Gasteiger partial charge in [-0.2, -0.15) is 5.10 Å². The number of benzene rings is 2. The van der Waals surface area contributed by atoms with Crippen LogP contribution in [0.3, 0.4) is 0 Å². The highest BCUT2D eigenvalue weighted by molar-refractivity contribution is 6.04. The molecule has 1 saturated heterocycles. The fraction of sp³-hybridized carbons (Fsp3) is 0.333. The standard InChI is InChI=1S/C24H28N4O2/c1-17-5-7-18(8-6-17)24(29)27-20-9-10-23(30-15-12-19-4-3-13-25-19)21(16-20)22-11-14-26-28(22)2/h5-11,14,16,19,25H,3-4,12-13,15H2,1-2H3,(H,27,29). The van der Waals surface area contributed by atoms with Gasteiger partial charge in [0.2, 0.25) is 0 Å². The van der Waals surface area contributed by atoms with E-state index in [1.165, 1.54) is 12.8 Å². The summed E-state index contributed by atoms with van der Waals surface area (Å²) in [5, 5.41) is 10.8. The first kappa shape index (κ1) is 20.2. The fourth-order valence-corrected chi connectivity index (χ4v) is 3.79. The number of hydrogen-bond acceptors (Lipinski definition) is 4. The summed E-state index contributed by atoms with van der Waals surface area (Å²) in [5.41, 5.74) is 4.33. The van der Waals surface area contributed by atoms with Crippen LogP contribution in [0.15, 0.2) is 54.7 Å². The molecular formula is C24H28N4O2. The summed E-state index contributed by atoms with van der Waals surface area (Å²) in [6, 6.07) is 15.8. The van der Waals surface area contributed by atoms with Crippen LogP contribution >= 0.6 is 0 Å². The summed E-state index contributed by atoms with van der Waals surface area (Å²) in [4.78, 5) is 12.6. The molecule has 1 atom stereocenters. The Morgan fingerprint density at radius 2 is 2.07 bits per heavy atom. The fourth-order valence-electron chi connectivity index (χ4n) is 3.79. The summed E-state index contributed by atoms with van der Waals surface area (Å²) >= 11 is 0. The highest BCUT2D eigenvalue weighted by atomic mass is 16.5. The number of nitrogens with zero attached hydrogens (tertiary/aromatic N) is 2. The van der Waals surface area contributed by atoms with Gasteiger partial charge in [-0.3, -0.25) is 9.48 Å². The van der Waals surface area contributed by atoms with Gasteiger partial charge in [-0.05, 0) is 69.1 Å². The second-order valence-electron chi connectivity index (χ2n) is 7.80.